The molecule has 0 unspecified atom stereocenters. The van der Waals surface area contributed by atoms with Gasteiger partial charge < -0.3 is 10.4 Å². The minimum Gasteiger partial charge on any atom is -0.481 e. The molecule has 4 nitrogen and oxygen atoms in total. The normalized spacial score (nSPS) is 10.6. The Morgan fingerprint density at radius 1 is 1.20 bits per heavy atom. The number of para-hydroxylation sites is 1. The van der Waals surface area contributed by atoms with E-state index in [1.807, 2.05) is 24.3 Å². The van der Waals surface area contributed by atoms with Crippen molar-refractivity contribution >= 4 is 28.1 Å². The summed E-state index contributed by atoms with van der Waals surface area (Å²) in [4.78, 5) is 16.3. The van der Waals surface area contributed by atoms with E-state index >= 15 is 0 Å². The van der Waals surface area contributed by atoms with E-state index in [0.29, 0.717) is 21.4 Å². The number of aromatic nitrogens is 1. The number of anilines is 2. The highest BCUT2D eigenvalue weighted by Crippen LogP contribution is 2.33. The Labute approximate surface area is 149 Å². The van der Waals surface area contributed by atoms with Crippen molar-refractivity contribution in [1.29, 1.82) is 0 Å². The number of aliphatic carboxylic acids is 1. The largest absolute Gasteiger partial charge is 0.481 e. The lowest BCUT2D eigenvalue weighted by molar-refractivity contribution is -0.136. The van der Waals surface area contributed by atoms with Crippen molar-refractivity contribution in [3.05, 3.63) is 64.8 Å². The standard InChI is InChI=1S/C19H17FN2O2S/c1-2-12-7-9-13(10-8-12)18-16(11-17(23)24)25-19(22-18)21-15-6-4-3-5-14(15)20/h3-10H,2,11H2,1H3,(H,21,22)(H,23,24). The monoisotopic (exact) mass is 356 g/mol. The number of nitrogens with one attached hydrogen (secondary N) is 1. The van der Waals surface area contributed by atoms with Crippen LogP contribution in [-0.2, 0) is 17.6 Å². The topological polar surface area (TPSA) is 62.2 Å². The second-order valence-corrected chi connectivity index (χ2v) is 6.60. The summed E-state index contributed by atoms with van der Waals surface area (Å²) in [6, 6.07) is 14.2. The van der Waals surface area contributed by atoms with E-state index in [0.717, 1.165) is 12.0 Å². The zero-order valence-electron chi connectivity index (χ0n) is 13.6. The fourth-order valence-corrected chi connectivity index (χ4v) is 3.45. The van der Waals surface area contributed by atoms with Crippen molar-refractivity contribution in [1.82, 2.24) is 4.98 Å². The van der Waals surface area contributed by atoms with Crippen LogP contribution < -0.4 is 5.32 Å². The zero-order chi connectivity index (χ0) is 17.8. The van der Waals surface area contributed by atoms with Crippen LogP contribution in [0.2, 0.25) is 0 Å². The highest BCUT2D eigenvalue weighted by Gasteiger charge is 2.16. The molecule has 0 radical (unpaired) electrons. The van der Waals surface area contributed by atoms with Crippen molar-refractivity contribution in [2.24, 2.45) is 0 Å². The van der Waals surface area contributed by atoms with Gasteiger partial charge in [-0.2, -0.15) is 0 Å². The van der Waals surface area contributed by atoms with E-state index < -0.39 is 5.97 Å². The van der Waals surface area contributed by atoms with E-state index in [-0.39, 0.29) is 12.2 Å². The molecule has 2 N–H and O–H groups in total. The van der Waals surface area contributed by atoms with Crippen molar-refractivity contribution in [3.63, 3.8) is 0 Å². The molecule has 6 heteroatoms. The molecule has 3 rings (SSSR count). The first-order valence-corrected chi connectivity index (χ1v) is 8.71. The number of nitrogens with zero attached hydrogens (tertiary/aromatic N) is 1. The van der Waals surface area contributed by atoms with Crippen LogP contribution in [0.5, 0.6) is 0 Å². The second kappa shape index (κ2) is 7.44. The first-order valence-electron chi connectivity index (χ1n) is 7.89. The van der Waals surface area contributed by atoms with Gasteiger partial charge in [-0.05, 0) is 24.1 Å². The van der Waals surface area contributed by atoms with Crippen LogP contribution in [-0.4, -0.2) is 16.1 Å². The first kappa shape index (κ1) is 17.1. The molecule has 0 spiro atoms. The smallest absolute Gasteiger partial charge is 0.308 e. The van der Waals surface area contributed by atoms with E-state index in [1.165, 1.54) is 23.0 Å². The van der Waals surface area contributed by atoms with Gasteiger partial charge in [0.1, 0.15) is 5.82 Å². The third-order valence-electron chi connectivity index (χ3n) is 3.76. The number of halogens is 1. The summed E-state index contributed by atoms with van der Waals surface area (Å²) in [5.41, 5.74) is 2.98. The summed E-state index contributed by atoms with van der Waals surface area (Å²) in [5, 5.41) is 12.6. The molecule has 0 saturated heterocycles. The Morgan fingerprint density at radius 2 is 1.92 bits per heavy atom. The lowest BCUT2D eigenvalue weighted by atomic mass is 10.1. The predicted octanol–water partition coefficient (Wildman–Crippen LogP) is 4.88. The van der Waals surface area contributed by atoms with Gasteiger partial charge in [-0.15, -0.1) is 11.3 Å². The molecule has 25 heavy (non-hydrogen) atoms. The molecule has 1 aromatic heterocycles. The summed E-state index contributed by atoms with van der Waals surface area (Å²) in [5.74, 6) is -1.31. The van der Waals surface area contributed by atoms with Crippen LogP contribution >= 0.6 is 11.3 Å². The molecule has 0 fully saturated rings. The first-order chi connectivity index (χ1) is 12.1. The molecule has 0 amide bonds. The van der Waals surface area contributed by atoms with Crippen LogP contribution in [0.3, 0.4) is 0 Å². The Bertz CT molecular complexity index is 891. The van der Waals surface area contributed by atoms with Gasteiger partial charge in [-0.1, -0.05) is 43.3 Å². The molecule has 0 saturated carbocycles. The summed E-state index contributed by atoms with van der Waals surface area (Å²) in [7, 11) is 0. The second-order valence-electron chi connectivity index (χ2n) is 5.52. The molecule has 0 aliphatic heterocycles. The van der Waals surface area contributed by atoms with Crippen LogP contribution in [0, 0.1) is 5.82 Å². The molecule has 0 aliphatic rings. The van der Waals surface area contributed by atoms with Gasteiger partial charge in [-0.25, -0.2) is 9.37 Å². The van der Waals surface area contributed by atoms with Crippen molar-refractivity contribution < 1.29 is 14.3 Å². The number of aryl methyl sites for hydroxylation is 1. The van der Waals surface area contributed by atoms with Gasteiger partial charge in [0.25, 0.3) is 0 Å². The summed E-state index contributed by atoms with van der Waals surface area (Å²) >= 11 is 1.23. The van der Waals surface area contributed by atoms with Gasteiger partial charge in [0, 0.05) is 10.4 Å². The number of thiazole rings is 1. The zero-order valence-corrected chi connectivity index (χ0v) is 14.4. The van der Waals surface area contributed by atoms with Crippen LogP contribution in [0.1, 0.15) is 17.4 Å². The quantitative estimate of drug-likeness (QED) is 0.661. The van der Waals surface area contributed by atoms with Crippen LogP contribution in [0.25, 0.3) is 11.3 Å². The minimum atomic E-state index is -0.924. The van der Waals surface area contributed by atoms with Gasteiger partial charge >= 0.3 is 5.97 Å². The number of rotatable bonds is 6. The van der Waals surface area contributed by atoms with Gasteiger partial charge in [-0.3, -0.25) is 4.79 Å². The highest BCUT2D eigenvalue weighted by molar-refractivity contribution is 7.16. The third-order valence-corrected chi connectivity index (χ3v) is 4.73. The Balaban J connectivity index is 1.97. The Hall–Kier alpha value is -2.73. The SMILES string of the molecule is CCc1ccc(-c2nc(Nc3ccccc3F)sc2CC(=O)O)cc1. The molecular weight excluding hydrogens is 339 g/mol. The molecule has 0 bridgehead atoms. The molecule has 128 valence electrons. The van der Waals surface area contributed by atoms with E-state index in [2.05, 4.69) is 17.2 Å². The third kappa shape index (κ3) is 4.03. The fraction of sp³-hybridized carbons (Fsp3) is 0.158. The lowest BCUT2D eigenvalue weighted by Gasteiger charge is -2.03. The molecule has 0 atom stereocenters. The predicted molar refractivity (Wildman–Crippen MR) is 98.0 cm³/mol. The summed E-state index contributed by atoms with van der Waals surface area (Å²) in [6.45, 7) is 2.07. The maximum Gasteiger partial charge on any atom is 0.308 e. The van der Waals surface area contributed by atoms with E-state index in [1.54, 1.807) is 18.2 Å². The molecule has 2 aromatic carbocycles. The van der Waals surface area contributed by atoms with Crippen LogP contribution in [0.4, 0.5) is 15.2 Å². The van der Waals surface area contributed by atoms with E-state index in [9.17, 15) is 9.18 Å². The Morgan fingerprint density at radius 3 is 2.56 bits per heavy atom. The summed E-state index contributed by atoms with van der Waals surface area (Å²) in [6.07, 6.45) is 0.806. The molecular formula is C19H17FN2O2S. The average molecular weight is 356 g/mol. The molecule has 0 aliphatic carbocycles. The van der Waals surface area contributed by atoms with E-state index in [4.69, 9.17) is 5.11 Å². The van der Waals surface area contributed by atoms with Crippen molar-refractivity contribution in [3.8, 4) is 11.3 Å². The van der Waals surface area contributed by atoms with Gasteiger partial charge in [0.2, 0.25) is 0 Å². The number of benzene rings is 2. The summed E-state index contributed by atoms with van der Waals surface area (Å²) < 4.78 is 13.8. The Kier molecular flexibility index (Phi) is 5.09. The van der Waals surface area contributed by atoms with Crippen LogP contribution in [0.15, 0.2) is 48.5 Å². The van der Waals surface area contributed by atoms with Crippen molar-refractivity contribution in [2.75, 3.05) is 5.32 Å². The highest BCUT2D eigenvalue weighted by atomic mass is 32.1. The number of hydrogen-bond donors (Lipinski definition) is 2. The maximum absolute atomic E-state index is 13.8. The number of hydrogen-bond acceptors (Lipinski definition) is 4. The molecule has 1 heterocycles. The fourth-order valence-electron chi connectivity index (χ4n) is 2.46. The maximum atomic E-state index is 13.8. The molecule has 3 aromatic rings. The van der Waals surface area contributed by atoms with Crippen molar-refractivity contribution in [2.45, 2.75) is 19.8 Å². The number of carboxylic acids is 1. The van der Waals surface area contributed by atoms with Gasteiger partial charge in [0.15, 0.2) is 5.13 Å². The minimum absolute atomic E-state index is 0.124. The van der Waals surface area contributed by atoms with Gasteiger partial charge in [0.05, 0.1) is 17.8 Å². The number of carbonyl (C=O) groups is 1. The number of carboxylic acid groups (broad SMARTS) is 1. The lowest BCUT2D eigenvalue weighted by Crippen LogP contribution is -1.99. The average Bonchev–Trinajstić information content (AvgIpc) is 2.98.